The molecule has 4 aromatic rings. The highest BCUT2D eigenvalue weighted by molar-refractivity contribution is 5.89. The number of nitrogens with zero attached hydrogens (tertiary/aromatic N) is 4. The van der Waals surface area contributed by atoms with E-state index < -0.39 is 17.8 Å². The molecule has 1 aromatic heterocycles. The van der Waals surface area contributed by atoms with Gasteiger partial charge in [0.25, 0.3) is 0 Å². The molecule has 0 saturated carbocycles. The SMILES string of the molecule is Cc1ccc(CN(C(=O)Cn2nnc3ccccc32)[C@@H](C(=O)NC[C@@H]2CCCO2)c2ccccc2F)cc1. The summed E-state index contributed by atoms with van der Waals surface area (Å²) in [6.07, 6.45) is 1.68. The molecule has 1 aliphatic rings. The largest absolute Gasteiger partial charge is 0.376 e. The van der Waals surface area contributed by atoms with Gasteiger partial charge in [0.15, 0.2) is 0 Å². The number of aromatic nitrogens is 3. The van der Waals surface area contributed by atoms with Crippen molar-refractivity contribution in [1.82, 2.24) is 25.2 Å². The van der Waals surface area contributed by atoms with Gasteiger partial charge in [0.1, 0.15) is 23.9 Å². The van der Waals surface area contributed by atoms with E-state index in [4.69, 9.17) is 4.74 Å². The molecule has 1 aliphatic heterocycles. The smallest absolute Gasteiger partial charge is 0.247 e. The monoisotopic (exact) mass is 515 g/mol. The molecule has 38 heavy (non-hydrogen) atoms. The third-order valence-corrected chi connectivity index (χ3v) is 6.79. The van der Waals surface area contributed by atoms with Crippen LogP contribution in [0.2, 0.25) is 0 Å². The minimum Gasteiger partial charge on any atom is -0.376 e. The number of halogens is 1. The van der Waals surface area contributed by atoms with E-state index in [1.54, 1.807) is 18.2 Å². The number of rotatable bonds is 9. The van der Waals surface area contributed by atoms with E-state index in [1.807, 2.05) is 55.5 Å². The van der Waals surface area contributed by atoms with Crippen molar-refractivity contribution >= 4 is 22.8 Å². The van der Waals surface area contributed by atoms with Gasteiger partial charge in [-0.05, 0) is 43.5 Å². The van der Waals surface area contributed by atoms with Crippen molar-refractivity contribution in [3.8, 4) is 0 Å². The fraction of sp³-hybridized carbons (Fsp3) is 0.310. The Labute approximate surface area is 220 Å². The highest BCUT2D eigenvalue weighted by Crippen LogP contribution is 2.27. The van der Waals surface area contributed by atoms with Crippen molar-refractivity contribution in [3.63, 3.8) is 0 Å². The summed E-state index contributed by atoms with van der Waals surface area (Å²) in [5.41, 5.74) is 3.37. The number of carbonyl (C=O) groups is 2. The summed E-state index contributed by atoms with van der Waals surface area (Å²) in [6.45, 7) is 2.88. The molecule has 0 unspecified atom stereocenters. The van der Waals surface area contributed by atoms with Gasteiger partial charge in [-0.1, -0.05) is 65.4 Å². The topological polar surface area (TPSA) is 89.4 Å². The van der Waals surface area contributed by atoms with Crippen LogP contribution >= 0.6 is 0 Å². The molecule has 5 rings (SSSR count). The summed E-state index contributed by atoms with van der Waals surface area (Å²) in [6, 6.07) is 19.9. The molecule has 1 saturated heterocycles. The van der Waals surface area contributed by atoms with Crippen LogP contribution in [0.1, 0.15) is 35.6 Å². The van der Waals surface area contributed by atoms with Crippen molar-refractivity contribution in [2.24, 2.45) is 0 Å². The number of nitrogens with one attached hydrogen (secondary N) is 1. The predicted octanol–water partition coefficient (Wildman–Crippen LogP) is 3.94. The quantitative estimate of drug-likeness (QED) is 0.365. The maximum absolute atomic E-state index is 15.2. The molecule has 3 aromatic carbocycles. The number of ether oxygens (including phenoxy) is 1. The first-order chi connectivity index (χ1) is 18.5. The van der Waals surface area contributed by atoms with Crippen LogP contribution in [0.4, 0.5) is 4.39 Å². The van der Waals surface area contributed by atoms with Crippen LogP contribution in [0.5, 0.6) is 0 Å². The van der Waals surface area contributed by atoms with E-state index >= 15 is 4.39 Å². The summed E-state index contributed by atoms with van der Waals surface area (Å²) in [7, 11) is 0. The lowest BCUT2D eigenvalue weighted by atomic mass is 10.0. The molecule has 0 aliphatic carbocycles. The number of aryl methyl sites for hydroxylation is 1. The maximum Gasteiger partial charge on any atom is 0.247 e. The zero-order valence-electron chi connectivity index (χ0n) is 21.2. The average molecular weight is 516 g/mol. The first kappa shape index (κ1) is 25.5. The van der Waals surface area contributed by atoms with E-state index in [9.17, 15) is 9.59 Å². The summed E-state index contributed by atoms with van der Waals surface area (Å²) in [4.78, 5) is 29.0. The van der Waals surface area contributed by atoms with Gasteiger partial charge >= 0.3 is 0 Å². The lowest BCUT2D eigenvalue weighted by molar-refractivity contribution is -0.142. The van der Waals surface area contributed by atoms with E-state index in [2.05, 4.69) is 15.6 Å². The third-order valence-electron chi connectivity index (χ3n) is 6.79. The molecule has 2 atom stereocenters. The number of carbonyl (C=O) groups excluding carboxylic acids is 2. The van der Waals surface area contributed by atoms with E-state index in [0.717, 1.165) is 24.0 Å². The van der Waals surface area contributed by atoms with Gasteiger partial charge in [-0.3, -0.25) is 9.59 Å². The normalized spacial score (nSPS) is 15.9. The average Bonchev–Trinajstić information content (AvgIpc) is 3.60. The molecule has 2 heterocycles. The standard InChI is InChI=1S/C29H30FN5O3/c1-20-12-14-21(15-13-20)18-34(27(36)19-35-26-11-5-4-10-25(26)32-33-35)28(23-8-2-3-9-24(23)30)29(37)31-17-22-7-6-16-38-22/h2-5,8-15,22,28H,6-7,16-19H2,1H3,(H,31,37)/t22-,28+/m0/s1. The highest BCUT2D eigenvalue weighted by atomic mass is 19.1. The minimum atomic E-state index is -1.19. The Morgan fingerprint density at radius 1 is 1.11 bits per heavy atom. The first-order valence-electron chi connectivity index (χ1n) is 12.8. The molecule has 0 bridgehead atoms. The molecule has 1 N–H and O–H groups in total. The number of benzene rings is 3. The molecule has 2 amide bonds. The second kappa shape index (κ2) is 11.5. The van der Waals surface area contributed by atoms with Crippen molar-refractivity contribution in [1.29, 1.82) is 0 Å². The van der Waals surface area contributed by atoms with Gasteiger partial charge < -0.3 is 15.0 Å². The van der Waals surface area contributed by atoms with Gasteiger partial charge in [0.2, 0.25) is 11.8 Å². The molecular formula is C29H30FN5O3. The summed E-state index contributed by atoms with van der Waals surface area (Å²) >= 11 is 0. The molecule has 8 nitrogen and oxygen atoms in total. The van der Waals surface area contributed by atoms with E-state index in [-0.39, 0.29) is 30.7 Å². The van der Waals surface area contributed by atoms with E-state index in [0.29, 0.717) is 24.2 Å². The van der Waals surface area contributed by atoms with Crippen molar-refractivity contribution in [2.75, 3.05) is 13.2 Å². The zero-order chi connectivity index (χ0) is 26.5. The van der Waals surface area contributed by atoms with Gasteiger partial charge in [0, 0.05) is 25.3 Å². The Bertz CT molecular complexity index is 1420. The van der Waals surface area contributed by atoms with Gasteiger partial charge in [-0.15, -0.1) is 5.10 Å². The van der Waals surface area contributed by atoms with Crippen molar-refractivity contribution < 1.29 is 18.7 Å². The first-order valence-corrected chi connectivity index (χ1v) is 12.8. The summed E-state index contributed by atoms with van der Waals surface area (Å²) < 4.78 is 22.3. The fourth-order valence-electron chi connectivity index (χ4n) is 4.73. The predicted molar refractivity (Wildman–Crippen MR) is 140 cm³/mol. The van der Waals surface area contributed by atoms with Crippen LogP contribution in [0, 0.1) is 12.7 Å². The Morgan fingerprint density at radius 2 is 1.87 bits per heavy atom. The second-order valence-electron chi connectivity index (χ2n) is 9.55. The number of fused-ring (bicyclic) bond motifs is 1. The number of amides is 2. The number of para-hydroxylation sites is 1. The van der Waals surface area contributed by atoms with Crippen molar-refractivity contribution in [3.05, 3.63) is 95.3 Å². The summed E-state index contributed by atoms with van der Waals surface area (Å²) in [5, 5.41) is 11.2. The lowest BCUT2D eigenvalue weighted by Crippen LogP contribution is -2.46. The van der Waals surface area contributed by atoms with Crippen molar-refractivity contribution in [2.45, 2.75) is 45.0 Å². The Balaban J connectivity index is 1.50. The van der Waals surface area contributed by atoms with Gasteiger partial charge in [-0.25, -0.2) is 9.07 Å². The van der Waals surface area contributed by atoms with Crippen LogP contribution < -0.4 is 5.32 Å². The molecular weight excluding hydrogens is 485 g/mol. The Hall–Kier alpha value is -4.11. The fourth-order valence-corrected chi connectivity index (χ4v) is 4.73. The maximum atomic E-state index is 15.2. The second-order valence-corrected chi connectivity index (χ2v) is 9.55. The number of hydrogen-bond donors (Lipinski definition) is 1. The zero-order valence-corrected chi connectivity index (χ0v) is 21.2. The van der Waals surface area contributed by atoms with Crippen LogP contribution in [0.3, 0.4) is 0 Å². The van der Waals surface area contributed by atoms with Crippen LogP contribution in [0.25, 0.3) is 11.0 Å². The van der Waals surface area contributed by atoms with Gasteiger partial charge in [-0.2, -0.15) is 0 Å². The molecule has 0 radical (unpaired) electrons. The summed E-state index contributed by atoms with van der Waals surface area (Å²) in [5.74, 6) is -1.41. The van der Waals surface area contributed by atoms with Crippen LogP contribution in [-0.4, -0.2) is 51.0 Å². The van der Waals surface area contributed by atoms with Gasteiger partial charge in [0.05, 0.1) is 11.6 Å². The Kier molecular flexibility index (Phi) is 7.74. The molecule has 196 valence electrons. The lowest BCUT2D eigenvalue weighted by Gasteiger charge is -2.32. The number of hydrogen-bond acceptors (Lipinski definition) is 5. The molecule has 0 spiro atoms. The van der Waals surface area contributed by atoms with Crippen LogP contribution in [-0.2, 0) is 27.4 Å². The molecule has 9 heteroatoms. The third kappa shape index (κ3) is 5.73. The minimum absolute atomic E-state index is 0.0945. The van der Waals surface area contributed by atoms with E-state index in [1.165, 1.54) is 15.6 Å². The van der Waals surface area contributed by atoms with Crippen LogP contribution in [0.15, 0.2) is 72.8 Å². The Morgan fingerprint density at radius 3 is 2.63 bits per heavy atom. The highest BCUT2D eigenvalue weighted by Gasteiger charge is 2.34. The molecule has 1 fully saturated rings.